The molecule has 22 nitrogen and oxygen atoms in total. The number of fused-ring (bicyclic) bond motifs is 9. The fourth-order valence-electron chi connectivity index (χ4n) is 5.16. The third kappa shape index (κ3) is 13.1. The minimum absolute atomic E-state index is 0.0177. The summed E-state index contributed by atoms with van der Waals surface area (Å²) in [7, 11) is 0. The fraction of sp³-hybridized carbons (Fsp3) is 0.679. The number of aliphatic hydroxyl groups is 1. The molecule has 0 aliphatic carbocycles. The van der Waals surface area contributed by atoms with Crippen LogP contribution in [0, 0.1) is 0 Å². The molecule has 4 atom stereocenters. The Bertz CT molecular complexity index is 1350. The van der Waals surface area contributed by atoms with Gasteiger partial charge in [-0.2, -0.15) is 0 Å². The summed E-state index contributed by atoms with van der Waals surface area (Å²) >= 11 is -4.28. The maximum atomic E-state index is 13.7. The van der Waals surface area contributed by atoms with E-state index in [1.54, 1.807) is 0 Å². The molecule has 3 fully saturated rings. The third-order valence-electron chi connectivity index (χ3n) is 7.85. The summed E-state index contributed by atoms with van der Waals surface area (Å²) < 4.78 is 17.6. The summed E-state index contributed by atoms with van der Waals surface area (Å²) in [5.74, 6) is -6.85. The van der Waals surface area contributed by atoms with Crippen molar-refractivity contribution >= 4 is 70.5 Å². The molecule has 0 aromatic carbocycles. The number of aliphatic hydroxyl groups excluding tert-OH is 1. The third-order valence-corrected chi connectivity index (χ3v) is 10.5. The zero-order valence-corrected chi connectivity index (χ0v) is 31.0. The van der Waals surface area contributed by atoms with Gasteiger partial charge in [-0.3, -0.25) is 0 Å². The Labute approximate surface area is 299 Å². The summed E-state index contributed by atoms with van der Waals surface area (Å²) in [4.78, 5) is 117. The Morgan fingerprint density at radius 2 is 0.980 bits per heavy atom. The van der Waals surface area contributed by atoms with Crippen molar-refractivity contribution in [3.8, 4) is 0 Å². The van der Waals surface area contributed by atoms with Crippen molar-refractivity contribution in [3.63, 3.8) is 0 Å². The molecule has 3 aliphatic heterocycles. The molecule has 51 heavy (non-hydrogen) atoms. The molecule has 7 N–H and O–H groups in total. The van der Waals surface area contributed by atoms with Crippen molar-refractivity contribution in [2.45, 2.75) is 83.5 Å². The quantitative estimate of drug-likeness (QED) is 0.123. The van der Waals surface area contributed by atoms with Crippen molar-refractivity contribution < 1.29 is 59.1 Å². The summed E-state index contributed by atoms with van der Waals surface area (Å²) in [5, 5.41) is 26.9. The van der Waals surface area contributed by atoms with Gasteiger partial charge < -0.3 is 5.11 Å². The molecule has 3 saturated heterocycles. The summed E-state index contributed by atoms with van der Waals surface area (Å²) in [6.07, 6.45) is -0.267. The van der Waals surface area contributed by atoms with E-state index in [1.165, 1.54) is 20.8 Å². The second-order valence-electron chi connectivity index (χ2n) is 11.9. The number of rotatable bonds is 1. The van der Waals surface area contributed by atoms with E-state index in [0.717, 1.165) is 15.2 Å². The molecule has 0 unspecified atom stereocenters. The molecule has 23 heteroatoms. The molecule has 0 radical (unpaired) electrons. The Kier molecular flexibility index (Phi) is 16.1. The van der Waals surface area contributed by atoms with Crippen LogP contribution >= 0.6 is 0 Å². The van der Waals surface area contributed by atoms with E-state index in [1.807, 2.05) is 0 Å². The van der Waals surface area contributed by atoms with Gasteiger partial charge in [0.25, 0.3) is 0 Å². The first-order valence-electron chi connectivity index (χ1n) is 16.4. The number of hydrogen-bond acceptors (Lipinski definition) is 13. The Hall–Kier alpha value is -4.29. The molecular formula is C28H44GaN9O13. The van der Waals surface area contributed by atoms with Crippen molar-refractivity contribution in [2.75, 3.05) is 39.3 Å². The molecule has 3 heterocycles. The summed E-state index contributed by atoms with van der Waals surface area (Å²) in [5.41, 5.74) is 0. The van der Waals surface area contributed by atoms with Crippen molar-refractivity contribution in [1.82, 2.24) is 47.1 Å². The first-order chi connectivity index (χ1) is 24.2. The van der Waals surface area contributed by atoms with Crippen LogP contribution in [-0.2, 0) is 54.0 Å². The Morgan fingerprint density at radius 3 is 1.39 bits per heavy atom. The van der Waals surface area contributed by atoms with Crippen LogP contribution in [0.5, 0.6) is 0 Å². The van der Waals surface area contributed by atoms with Gasteiger partial charge in [-0.25, -0.2) is 0 Å². The first-order valence-corrected chi connectivity index (χ1v) is 19.4. The number of hydrogen-bond donors (Lipinski definition) is 7. The number of nitrogens with zero attached hydrogens (tertiary/aromatic N) is 3. The fourth-order valence-corrected chi connectivity index (χ4v) is 8.30. The van der Waals surface area contributed by atoms with Gasteiger partial charge in [0.2, 0.25) is 0 Å². The van der Waals surface area contributed by atoms with Gasteiger partial charge in [-0.1, -0.05) is 0 Å². The normalized spacial score (nSPS) is 25.9. The molecular weight excluding hydrogens is 740 g/mol. The molecule has 0 aromatic rings. The van der Waals surface area contributed by atoms with E-state index >= 15 is 0 Å². The molecule has 3 rings (SSSR count). The number of hydroxylamine groups is 6. The first kappa shape index (κ1) is 41.1. The van der Waals surface area contributed by atoms with Gasteiger partial charge in [0.05, 0.1) is 6.61 Å². The van der Waals surface area contributed by atoms with Crippen LogP contribution in [0.2, 0.25) is 0 Å². The predicted octanol–water partition coefficient (Wildman–Crippen LogP) is -5.14. The number of carbonyl (C=O) groups is 9. The van der Waals surface area contributed by atoms with E-state index < -0.39 is 114 Å². The van der Waals surface area contributed by atoms with Crippen LogP contribution in [0.15, 0.2) is 0 Å². The number of amides is 9. The van der Waals surface area contributed by atoms with Crippen LogP contribution < -0.4 is 31.9 Å². The minimum atomic E-state index is -4.28. The van der Waals surface area contributed by atoms with E-state index in [0.29, 0.717) is 0 Å². The van der Waals surface area contributed by atoms with E-state index in [9.17, 15) is 48.3 Å². The monoisotopic (exact) mass is 783 g/mol. The van der Waals surface area contributed by atoms with Gasteiger partial charge in [0.15, 0.2) is 0 Å². The van der Waals surface area contributed by atoms with Crippen LogP contribution in [0.3, 0.4) is 0 Å². The number of nitrogens with one attached hydrogen (secondary N) is 6. The van der Waals surface area contributed by atoms with Gasteiger partial charge in [-0.05, 0) is 0 Å². The molecule has 9 amide bonds. The summed E-state index contributed by atoms with van der Waals surface area (Å²) in [6.45, 7) is 0.893. The Balaban J connectivity index is 2.13. The molecule has 0 aromatic heterocycles. The molecule has 4 bridgehead atoms. The molecule has 0 saturated carbocycles. The van der Waals surface area contributed by atoms with Crippen LogP contribution in [-0.4, -0.2) is 154 Å². The van der Waals surface area contributed by atoms with Crippen molar-refractivity contribution in [3.05, 3.63) is 0 Å². The van der Waals surface area contributed by atoms with Crippen LogP contribution in [0.1, 0.15) is 59.3 Å². The standard InChI is InChI=1S/C28H44N9O13.Ga/c1-16(39)35(48)10-4-7-19-25(44)29-14-24(43)32-22(15-38)26(45)30-13-23(42)31-20(8-5-11-36(49)17(2)40)27(46)34-21(28(47)33-19)9-6-12-37(50)18(3)41;/h19-22,38H,4-15H2,1-3H3,(H,29,44)(H,30,45)(H,31,42)(H,32,43)(H,33,47)(H,34,46);/q-3;+3/t19-,20-,21-,22-;/m0./s1. The van der Waals surface area contributed by atoms with Crippen LogP contribution in [0.4, 0.5) is 0 Å². The van der Waals surface area contributed by atoms with Crippen LogP contribution in [0.25, 0.3) is 0 Å². The van der Waals surface area contributed by atoms with Gasteiger partial charge >= 0.3 is 288 Å². The molecule has 3 aliphatic rings. The SMILES string of the molecule is CC(=O)N1CCC[C@@H]2NC(=O)CNC(=O)[C@H](CO)NC(=O)CNC(=O)[C@@H]3CCCN(C(C)=O)[O][Ga]([O]1)[O]N(C(C)=O)CCC[C@H](NC2=O)C(=O)N3. The topological polar surface area (TPSA) is 283 Å². The van der Waals surface area contributed by atoms with Gasteiger partial charge in [0.1, 0.15) is 0 Å². The second kappa shape index (κ2) is 19.9. The zero-order valence-electron chi connectivity index (χ0n) is 28.6. The predicted molar refractivity (Wildman–Crippen MR) is 170 cm³/mol. The zero-order chi connectivity index (χ0) is 37.7. The van der Waals surface area contributed by atoms with Crippen molar-refractivity contribution in [2.24, 2.45) is 0 Å². The molecule has 282 valence electrons. The number of carbonyl (C=O) groups excluding carboxylic acids is 9. The second-order valence-corrected chi connectivity index (χ2v) is 14.4. The van der Waals surface area contributed by atoms with Gasteiger partial charge in [0, 0.05) is 0 Å². The molecule has 0 spiro atoms. The van der Waals surface area contributed by atoms with Gasteiger partial charge in [-0.15, -0.1) is 0 Å². The van der Waals surface area contributed by atoms with E-state index in [4.69, 9.17) is 10.9 Å². The average molecular weight is 784 g/mol. The van der Waals surface area contributed by atoms with E-state index in [-0.39, 0.29) is 58.2 Å². The van der Waals surface area contributed by atoms with E-state index in [2.05, 4.69) is 31.9 Å². The van der Waals surface area contributed by atoms with Crippen molar-refractivity contribution in [1.29, 1.82) is 0 Å². The Morgan fingerprint density at radius 1 is 0.608 bits per heavy atom. The average Bonchev–Trinajstić information content (AvgIpc) is 3.07. The maximum absolute atomic E-state index is 13.7. The summed E-state index contributed by atoms with van der Waals surface area (Å²) in [6, 6.07) is -5.44.